The normalized spacial score (nSPS) is 22.9. The van der Waals surface area contributed by atoms with E-state index in [1.54, 1.807) is 36.3 Å². The number of hydrogen-bond acceptors (Lipinski definition) is 4. The molecular formula is C24H18Cl2N2O3. The van der Waals surface area contributed by atoms with Crippen molar-refractivity contribution in [2.24, 2.45) is 5.92 Å². The molecule has 7 heteroatoms. The van der Waals surface area contributed by atoms with Crippen LogP contribution in [0.15, 0.2) is 72.8 Å². The Morgan fingerprint density at radius 2 is 1.48 bits per heavy atom. The van der Waals surface area contributed by atoms with Crippen molar-refractivity contribution in [3.63, 3.8) is 0 Å². The minimum atomic E-state index is -0.952. The lowest BCUT2D eigenvalue weighted by atomic mass is 9.90. The van der Waals surface area contributed by atoms with Gasteiger partial charge in [0.05, 0.1) is 17.4 Å². The molecule has 3 aromatic rings. The standard InChI is InChI=1S/C24H18Cl2N2O3/c1-14-17(25)12-7-13-19(14)27-23(29)20-21(16-10-5-6-11-18(16)26)28(31-22(20)24(27)30)15-8-3-2-4-9-15/h2-13,20-22H,1H3/t20-,21+,22-/m1/s1. The molecule has 2 aliphatic heterocycles. The van der Waals surface area contributed by atoms with Gasteiger partial charge in [-0.1, -0.05) is 65.7 Å². The monoisotopic (exact) mass is 452 g/mol. The highest BCUT2D eigenvalue weighted by atomic mass is 35.5. The van der Waals surface area contributed by atoms with E-state index in [1.807, 2.05) is 48.5 Å². The smallest absolute Gasteiger partial charge is 0.266 e. The van der Waals surface area contributed by atoms with Gasteiger partial charge in [0.15, 0.2) is 6.10 Å². The number of para-hydroxylation sites is 1. The molecule has 0 spiro atoms. The maximum atomic E-state index is 13.6. The van der Waals surface area contributed by atoms with Crippen LogP contribution in [0.5, 0.6) is 0 Å². The first-order valence-electron chi connectivity index (χ1n) is 9.87. The van der Waals surface area contributed by atoms with Crippen molar-refractivity contribution in [2.45, 2.75) is 19.1 Å². The van der Waals surface area contributed by atoms with Crippen molar-refractivity contribution in [2.75, 3.05) is 9.96 Å². The van der Waals surface area contributed by atoms with Gasteiger partial charge >= 0.3 is 0 Å². The number of benzene rings is 3. The number of hydrogen-bond donors (Lipinski definition) is 0. The lowest BCUT2D eigenvalue weighted by Crippen LogP contribution is -2.37. The average Bonchev–Trinajstić information content (AvgIpc) is 3.28. The summed E-state index contributed by atoms with van der Waals surface area (Å²) in [7, 11) is 0. The topological polar surface area (TPSA) is 49.9 Å². The van der Waals surface area contributed by atoms with Crippen LogP contribution in [0.25, 0.3) is 0 Å². The Bertz CT molecular complexity index is 1180. The van der Waals surface area contributed by atoms with Gasteiger partial charge in [-0.25, -0.2) is 9.96 Å². The third-order valence-electron chi connectivity index (χ3n) is 5.83. The first-order valence-corrected chi connectivity index (χ1v) is 10.6. The van der Waals surface area contributed by atoms with Crippen molar-refractivity contribution in [3.8, 4) is 0 Å². The summed E-state index contributed by atoms with van der Waals surface area (Å²) in [5, 5.41) is 2.63. The van der Waals surface area contributed by atoms with Gasteiger partial charge < -0.3 is 0 Å². The fourth-order valence-electron chi connectivity index (χ4n) is 4.32. The highest BCUT2D eigenvalue weighted by Crippen LogP contribution is 2.49. The molecule has 2 heterocycles. The fourth-order valence-corrected chi connectivity index (χ4v) is 4.74. The van der Waals surface area contributed by atoms with Crippen LogP contribution in [0.4, 0.5) is 11.4 Å². The molecular weight excluding hydrogens is 435 g/mol. The molecule has 3 atom stereocenters. The summed E-state index contributed by atoms with van der Waals surface area (Å²) in [4.78, 5) is 34.3. The molecule has 0 bridgehead atoms. The second-order valence-corrected chi connectivity index (χ2v) is 8.39. The Balaban J connectivity index is 1.63. The largest absolute Gasteiger partial charge is 0.273 e. The summed E-state index contributed by atoms with van der Waals surface area (Å²) < 4.78 is 0. The third kappa shape index (κ3) is 3.12. The molecule has 0 aromatic heterocycles. The summed E-state index contributed by atoms with van der Waals surface area (Å²) in [6, 6.07) is 21.3. The molecule has 0 unspecified atom stereocenters. The van der Waals surface area contributed by atoms with Crippen molar-refractivity contribution in [1.82, 2.24) is 0 Å². The van der Waals surface area contributed by atoms with Gasteiger partial charge in [0.1, 0.15) is 5.92 Å². The van der Waals surface area contributed by atoms with Gasteiger partial charge in [0.2, 0.25) is 5.91 Å². The molecule has 2 fully saturated rings. The zero-order valence-corrected chi connectivity index (χ0v) is 18.0. The van der Waals surface area contributed by atoms with E-state index in [2.05, 4.69) is 0 Å². The Hall–Kier alpha value is -2.86. The number of anilines is 2. The zero-order chi connectivity index (χ0) is 21.7. The SMILES string of the molecule is Cc1c(Cl)cccc1N1C(=O)[C@H]2[C@@H](ON(c3ccccc3)[C@H]2c2ccccc2Cl)C1=O. The van der Waals surface area contributed by atoms with Crippen molar-refractivity contribution < 1.29 is 14.4 Å². The Labute approximate surface area is 189 Å². The zero-order valence-electron chi connectivity index (χ0n) is 16.5. The van der Waals surface area contributed by atoms with E-state index >= 15 is 0 Å². The van der Waals surface area contributed by atoms with Crippen LogP contribution >= 0.6 is 23.2 Å². The Morgan fingerprint density at radius 1 is 0.806 bits per heavy atom. The number of rotatable bonds is 3. The van der Waals surface area contributed by atoms with Crippen LogP contribution in [0.3, 0.4) is 0 Å². The van der Waals surface area contributed by atoms with Gasteiger partial charge in [0.25, 0.3) is 5.91 Å². The fraction of sp³-hybridized carbons (Fsp3) is 0.167. The number of halogens is 2. The van der Waals surface area contributed by atoms with Crippen molar-refractivity contribution >= 4 is 46.4 Å². The third-order valence-corrected chi connectivity index (χ3v) is 6.58. The summed E-state index contributed by atoms with van der Waals surface area (Å²) in [6.07, 6.45) is -0.952. The second-order valence-electron chi connectivity index (χ2n) is 7.58. The number of nitrogens with zero attached hydrogens (tertiary/aromatic N) is 2. The van der Waals surface area contributed by atoms with Gasteiger partial charge in [-0.2, -0.15) is 0 Å². The van der Waals surface area contributed by atoms with Crippen LogP contribution in [-0.4, -0.2) is 17.9 Å². The van der Waals surface area contributed by atoms with E-state index < -0.39 is 24.0 Å². The molecule has 31 heavy (non-hydrogen) atoms. The predicted octanol–water partition coefficient (Wildman–Crippen LogP) is 5.35. The molecule has 0 N–H and O–H groups in total. The maximum absolute atomic E-state index is 13.6. The number of carbonyl (C=O) groups excluding carboxylic acids is 2. The molecule has 0 saturated carbocycles. The van der Waals surface area contributed by atoms with E-state index in [9.17, 15) is 9.59 Å². The molecule has 2 amide bonds. The molecule has 2 saturated heterocycles. The number of fused-ring (bicyclic) bond motifs is 1. The number of imide groups is 1. The maximum Gasteiger partial charge on any atom is 0.266 e. The van der Waals surface area contributed by atoms with Crippen molar-refractivity contribution in [1.29, 1.82) is 0 Å². The van der Waals surface area contributed by atoms with E-state index in [0.29, 0.717) is 21.3 Å². The molecule has 5 rings (SSSR count). The summed E-state index contributed by atoms with van der Waals surface area (Å²) in [5.41, 5.74) is 2.61. The molecule has 2 aliphatic rings. The van der Waals surface area contributed by atoms with Crippen LogP contribution in [0.2, 0.25) is 10.0 Å². The van der Waals surface area contributed by atoms with Gasteiger partial charge in [-0.15, -0.1) is 0 Å². The quantitative estimate of drug-likeness (QED) is 0.502. The highest BCUT2D eigenvalue weighted by Gasteiger charge is 2.60. The predicted molar refractivity (Wildman–Crippen MR) is 120 cm³/mol. The van der Waals surface area contributed by atoms with E-state index in [-0.39, 0.29) is 5.91 Å². The Kier molecular flexibility index (Phi) is 4.97. The first kappa shape index (κ1) is 20.1. The first-order chi connectivity index (χ1) is 15.0. The van der Waals surface area contributed by atoms with Crippen LogP contribution < -0.4 is 9.96 Å². The van der Waals surface area contributed by atoms with E-state index in [1.165, 1.54) is 4.90 Å². The number of carbonyl (C=O) groups is 2. The summed E-state index contributed by atoms with van der Waals surface area (Å²) in [5.74, 6) is -1.48. The van der Waals surface area contributed by atoms with Crippen molar-refractivity contribution in [3.05, 3.63) is 94.0 Å². The molecule has 0 aliphatic carbocycles. The molecule has 156 valence electrons. The van der Waals surface area contributed by atoms with E-state index in [4.69, 9.17) is 28.0 Å². The minimum absolute atomic E-state index is 0.330. The highest BCUT2D eigenvalue weighted by molar-refractivity contribution is 6.33. The summed E-state index contributed by atoms with van der Waals surface area (Å²) in [6.45, 7) is 1.79. The van der Waals surface area contributed by atoms with Crippen LogP contribution in [0.1, 0.15) is 17.2 Å². The van der Waals surface area contributed by atoms with Crippen LogP contribution in [-0.2, 0) is 14.4 Å². The van der Waals surface area contributed by atoms with Gasteiger partial charge in [-0.3, -0.25) is 14.4 Å². The molecule has 5 nitrogen and oxygen atoms in total. The summed E-state index contributed by atoms with van der Waals surface area (Å²) >= 11 is 12.8. The van der Waals surface area contributed by atoms with Gasteiger partial charge in [-0.05, 0) is 48.4 Å². The average molecular weight is 453 g/mol. The Morgan fingerprint density at radius 3 is 2.23 bits per heavy atom. The lowest BCUT2D eigenvalue weighted by molar-refractivity contribution is -0.126. The lowest BCUT2D eigenvalue weighted by Gasteiger charge is -2.29. The molecule has 0 radical (unpaired) electrons. The van der Waals surface area contributed by atoms with Crippen LogP contribution in [0, 0.1) is 12.8 Å². The van der Waals surface area contributed by atoms with Gasteiger partial charge in [0, 0.05) is 10.0 Å². The number of hydroxylamine groups is 1. The number of amides is 2. The molecule has 3 aromatic carbocycles. The van der Waals surface area contributed by atoms with E-state index in [0.717, 1.165) is 11.3 Å². The second kappa shape index (κ2) is 7.68. The minimum Gasteiger partial charge on any atom is -0.273 e.